The van der Waals surface area contributed by atoms with Gasteiger partial charge in [-0.2, -0.15) is 0 Å². The Morgan fingerprint density at radius 3 is 2.92 bits per heavy atom. The average Bonchev–Trinajstić information content (AvgIpc) is 3.00. The molecule has 5 heteroatoms. The molecule has 0 aliphatic carbocycles. The van der Waals surface area contributed by atoms with Crippen molar-refractivity contribution in [1.82, 2.24) is 9.80 Å². The van der Waals surface area contributed by atoms with E-state index in [-0.39, 0.29) is 23.7 Å². The highest BCUT2D eigenvalue weighted by atomic mass is 19.1. The Kier molecular flexibility index (Phi) is 5.74. The summed E-state index contributed by atoms with van der Waals surface area (Å²) in [7, 11) is 0. The number of hydrogen-bond donors (Lipinski definition) is 0. The van der Waals surface area contributed by atoms with Crippen LogP contribution in [0.2, 0.25) is 0 Å². The minimum atomic E-state index is -0.291. The van der Waals surface area contributed by atoms with Crippen molar-refractivity contribution < 1.29 is 13.9 Å². The standard InChI is InChI=1S/C20H29FN2O2/c1-3-22(4-2)18-8-11-25-20(14-18)9-10-23(15-20)19(24)13-16-6-5-7-17(21)12-16/h5-7,12,18H,3-4,8-11,13-15H2,1-2H3/t18-,20-/m0/s1. The molecular weight excluding hydrogens is 319 g/mol. The zero-order chi connectivity index (χ0) is 17.9. The van der Waals surface area contributed by atoms with E-state index in [1.54, 1.807) is 12.1 Å². The second-order valence-electron chi connectivity index (χ2n) is 7.27. The predicted molar refractivity (Wildman–Crippen MR) is 95.9 cm³/mol. The molecule has 2 atom stereocenters. The van der Waals surface area contributed by atoms with E-state index in [9.17, 15) is 9.18 Å². The molecule has 3 rings (SSSR count). The first kappa shape index (κ1) is 18.3. The van der Waals surface area contributed by atoms with Crippen LogP contribution in [0.4, 0.5) is 4.39 Å². The molecule has 2 fully saturated rings. The quantitative estimate of drug-likeness (QED) is 0.820. The highest BCUT2D eigenvalue weighted by Crippen LogP contribution is 2.36. The monoisotopic (exact) mass is 348 g/mol. The van der Waals surface area contributed by atoms with Crippen LogP contribution in [-0.2, 0) is 16.0 Å². The van der Waals surface area contributed by atoms with Gasteiger partial charge in [0.15, 0.2) is 0 Å². The van der Waals surface area contributed by atoms with Gasteiger partial charge in [-0.25, -0.2) is 4.39 Å². The molecule has 1 aromatic rings. The lowest BCUT2D eigenvalue weighted by atomic mass is 9.88. The maximum Gasteiger partial charge on any atom is 0.227 e. The molecule has 25 heavy (non-hydrogen) atoms. The molecule has 1 amide bonds. The molecule has 0 saturated carbocycles. The van der Waals surface area contributed by atoms with Gasteiger partial charge in [0.2, 0.25) is 5.91 Å². The van der Waals surface area contributed by atoms with Gasteiger partial charge in [0, 0.05) is 25.7 Å². The van der Waals surface area contributed by atoms with Gasteiger partial charge in [0.05, 0.1) is 12.0 Å². The van der Waals surface area contributed by atoms with Gasteiger partial charge in [0.25, 0.3) is 0 Å². The van der Waals surface area contributed by atoms with E-state index in [0.717, 1.165) is 51.1 Å². The largest absolute Gasteiger partial charge is 0.373 e. The number of halogens is 1. The van der Waals surface area contributed by atoms with Gasteiger partial charge >= 0.3 is 0 Å². The summed E-state index contributed by atoms with van der Waals surface area (Å²) in [6, 6.07) is 6.85. The van der Waals surface area contributed by atoms with Crippen LogP contribution in [0.1, 0.15) is 38.7 Å². The molecule has 1 spiro atoms. The lowest BCUT2D eigenvalue weighted by Gasteiger charge is -2.42. The summed E-state index contributed by atoms with van der Waals surface area (Å²) in [6.07, 6.45) is 3.23. The van der Waals surface area contributed by atoms with Crippen LogP contribution in [0.25, 0.3) is 0 Å². The molecule has 2 saturated heterocycles. The number of rotatable bonds is 5. The van der Waals surface area contributed by atoms with Crippen LogP contribution >= 0.6 is 0 Å². The molecule has 0 N–H and O–H groups in total. The number of likely N-dealkylation sites (tertiary alicyclic amines) is 1. The van der Waals surface area contributed by atoms with Crippen molar-refractivity contribution in [2.75, 3.05) is 32.8 Å². The minimum Gasteiger partial charge on any atom is -0.373 e. The Bertz CT molecular complexity index is 605. The zero-order valence-electron chi connectivity index (χ0n) is 15.3. The second kappa shape index (κ2) is 7.83. The van der Waals surface area contributed by atoms with Crippen LogP contribution < -0.4 is 0 Å². The number of carbonyl (C=O) groups is 1. The fourth-order valence-corrected chi connectivity index (χ4v) is 4.33. The molecule has 2 heterocycles. The first-order valence-electron chi connectivity index (χ1n) is 9.45. The van der Waals surface area contributed by atoms with Crippen LogP contribution in [0, 0.1) is 5.82 Å². The third-order valence-corrected chi connectivity index (χ3v) is 5.71. The van der Waals surface area contributed by atoms with Gasteiger partial charge in [-0.15, -0.1) is 0 Å². The third kappa shape index (κ3) is 4.21. The Morgan fingerprint density at radius 1 is 1.40 bits per heavy atom. The summed E-state index contributed by atoms with van der Waals surface area (Å²) in [5.74, 6) is -0.225. The molecule has 138 valence electrons. The van der Waals surface area contributed by atoms with E-state index in [0.29, 0.717) is 12.6 Å². The van der Waals surface area contributed by atoms with E-state index in [1.165, 1.54) is 12.1 Å². The van der Waals surface area contributed by atoms with Crippen molar-refractivity contribution in [2.45, 2.75) is 51.2 Å². The van der Waals surface area contributed by atoms with Crippen molar-refractivity contribution in [2.24, 2.45) is 0 Å². The van der Waals surface area contributed by atoms with E-state index < -0.39 is 0 Å². The topological polar surface area (TPSA) is 32.8 Å². The molecule has 0 unspecified atom stereocenters. The molecular formula is C20H29FN2O2. The molecule has 4 nitrogen and oxygen atoms in total. The zero-order valence-corrected chi connectivity index (χ0v) is 15.3. The van der Waals surface area contributed by atoms with Gasteiger partial charge in [0.1, 0.15) is 5.82 Å². The van der Waals surface area contributed by atoms with Crippen molar-refractivity contribution in [3.63, 3.8) is 0 Å². The SMILES string of the molecule is CCN(CC)[C@H]1CCO[C@@]2(CCN(C(=O)Cc3cccc(F)c3)C2)C1. The van der Waals surface area contributed by atoms with Crippen LogP contribution in [0.3, 0.4) is 0 Å². The maximum atomic E-state index is 13.3. The average molecular weight is 348 g/mol. The Morgan fingerprint density at radius 2 is 2.20 bits per heavy atom. The third-order valence-electron chi connectivity index (χ3n) is 5.71. The summed E-state index contributed by atoms with van der Waals surface area (Å²) in [4.78, 5) is 17.0. The van der Waals surface area contributed by atoms with Crippen molar-refractivity contribution in [3.8, 4) is 0 Å². The lowest BCUT2D eigenvalue weighted by Crippen LogP contribution is -2.50. The number of nitrogens with zero attached hydrogens (tertiary/aromatic N) is 2. The molecule has 0 radical (unpaired) electrons. The van der Waals surface area contributed by atoms with Gasteiger partial charge < -0.3 is 14.5 Å². The fourth-order valence-electron chi connectivity index (χ4n) is 4.33. The van der Waals surface area contributed by atoms with Gasteiger partial charge in [-0.3, -0.25) is 4.79 Å². The highest BCUT2D eigenvalue weighted by molar-refractivity contribution is 5.79. The molecule has 1 aromatic carbocycles. The summed E-state index contributed by atoms with van der Waals surface area (Å²) in [5, 5.41) is 0. The fraction of sp³-hybridized carbons (Fsp3) is 0.650. The number of carbonyl (C=O) groups excluding carboxylic acids is 1. The predicted octanol–water partition coefficient (Wildman–Crippen LogP) is 2.86. The van der Waals surface area contributed by atoms with Crippen LogP contribution in [0.15, 0.2) is 24.3 Å². The maximum absolute atomic E-state index is 13.3. The van der Waals surface area contributed by atoms with Crippen molar-refractivity contribution in [1.29, 1.82) is 0 Å². The number of benzene rings is 1. The highest BCUT2D eigenvalue weighted by Gasteiger charge is 2.45. The normalized spacial score (nSPS) is 26.6. The van der Waals surface area contributed by atoms with Gasteiger partial charge in [-0.05, 0) is 50.0 Å². The first-order chi connectivity index (χ1) is 12.0. The molecule has 2 aliphatic heterocycles. The van der Waals surface area contributed by atoms with Gasteiger partial charge in [-0.1, -0.05) is 26.0 Å². The lowest BCUT2D eigenvalue weighted by molar-refractivity contribution is -0.133. The van der Waals surface area contributed by atoms with Crippen LogP contribution in [0.5, 0.6) is 0 Å². The van der Waals surface area contributed by atoms with Crippen molar-refractivity contribution >= 4 is 5.91 Å². The van der Waals surface area contributed by atoms with E-state index in [2.05, 4.69) is 18.7 Å². The number of ether oxygens (including phenoxy) is 1. The van der Waals surface area contributed by atoms with E-state index in [1.807, 2.05) is 4.90 Å². The Hall–Kier alpha value is -1.46. The number of amides is 1. The first-order valence-corrected chi connectivity index (χ1v) is 9.45. The summed E-state index contributed by atoms with van der Waals surface area (Å²) in [6.45, 7) is 8.69. The number of hydrogen-bond acceptors (Lipinski definition) is 3. The molecule has 0 aromatic heterocycles. The summed E-state index contributed by atoms with van der Waals surface area (Å²) >= 11 is 0. The smallest absolute Gasteiger partial charge is 0.227 e. The van der Waals surface area contributed by atoms with E-state index in [4.69, 9.17) is 4.74 Å². The Balaban J connectivity index is 1.61. The molecule has 0 bridgehead atoms. The van der Waals surface area contributed by atoms with Crippen molar-refractivity contribution in [3.05, 3.63) is 35.6 Å². The van der Waals surface area contributed by atoms with Crippen LogP contribution in [-0.4, -0.2) is 60.1 Å². The molecule has 2 aliphatic rings. The second-order valence-corrected chi connectivity index (χ2v) is 7.27. The van der Waals surface area contributed by atoms with E-state index >= 15 is 0 Å². The minimum absolute atomic E-state index is 0.0658. The Labute approximate surface area is 149 Å². The summed E-state index contributed by atoms with van der Waals surface area (Å²) < 4.78 is 19.5. The summed E-state index contributed by atoms with van der Waals surface area (Å²) in [5.41, 5.74) is 0.542.